The van der Waals surface area contributed by atoms with Crippen LogP contribution in [0.1, 0.15) is 23.6 Å². The third-order valence-corrected chi connectivity index (χ3v) is 8.76. The van der Waals surface area contributed by atoms with Crippen molar-refractivity contribution in [1.82, 2.24) is 10.3 Å². The predicted molar refractivity (Wildman–Crippen MR) is 156 cm³/mol. The molecule has 3 aliphatic rings. The summed E-state index contributed by atoms with van der Waals surface area (Å²) in [6, 6.07) is 17.4. The smallest absolute Gasteiger partial charge is 0.250 e. The van der Waals surface area contributed by atoms with Gasteiger partial charge in [0.05, 0.1) is 17.5 Å². The summed E-state index contributed by atoms with van der Waals surface area (Å²) in [6.07, 6.45) is 2.33. The molecule has 0 unspecified atom stereocenters. The van der Waals surface area contributed by atoms with Gasteiger partial charge in [0.1, 0.15) is 5.54 Å². The van der Waals surface area contributed by atoms with Crippen LogP contribution in [0.4, 0.5) is 17.1 Å². The van der Waals surface area contributed by atoms with Gasteiger partial charge in [-0.2, -0.15) is 0 Å². The van der Waals surface area contributed by atoms with Crippen LogP contribution < -0.4 is 20.9 Å². The fourth-order valence-electron chi connectivity index (χ4n) is 6.90. The van der Waals surface area contributed by atoms with Crippen LogP contribution in [0.25, 0.3) is 10.9 Å². The van der Waals surface area contributed by atoms with Gasteiger partial charge in [0.2, 0.25) is 23.6 Å². The number of hydrogen-bond donors (Lipinski definition) is 4. The molecule has 206 valence electrons. The lowest BCUT2D eigenvalue weighted by atomic mass is 9.76. The molecule has 3 aromatic carbocycles. The molecule has 4 amide bonds. The van der Waals surface area contributed by atoms with Crippen LogP contribution in [0.15, 0.2) is 66.9 Å². The van der Waals surface area contributed by atoms with Gasteiger partial charge in [-0.15, -0.1) is 0 Å². The molecule has 0 radical (unpaired) electrons. The van der Waals surface area contributed by atoms with Gasteiger partial charge in [-0.1, -0.05) is 29.8 Å². The largest absolute Gasteiger partial charge is 0.361 e. The molecule has 10 heteroatoms. The van der Waals surface area contributed by atoms with E-state index in [0.29, 0.717) is 34.1 Å². The minimum absolute atomic E-state index is 0.228. The highest BCUT2D eigenvalue weighted by atomic mass is 35.5. The van der Waals surface area contributed by atoms with Crippen molar-refractivity contribution in [1.29, 1.82) is 0 Å². The monoisotopic (exact) mass is 567 g/mol. The van der Waals surface area contributed by atoms with Crippen molar-refractivity contribution in [2.45, 2.75) is 31.8 Å². The van der Waals surface area contributed by atoms with Crippen LogP contribution >= 0.6 is 11.6 Å². The maximum absolute atomic E-state index is 14.3. The normalized spacial score (nSPS) is 24.7. The van der Waals surface area contributed by atoms with E-state index in [4.69, 9.17) is 11.6 Å². The van der Waals surface area contributed by atoms with E-state index in [1.54, 1.807) is 36.4 Å². The Morgan fingerprint density at radius 1 is 1.05 bits per heavy atom. The number of nitrogens with zero attached hydrogens (tertiary/aromatic N) is 1. The Kier molecular flexibility index (Phi) is 5.61. The average molecular weight is 568 g/mol. The van der Waals surface area contributed by atoms with Crippen molar-refractivity contribution >= 4 is 63.2 Å². The number of nitrogens with one attached hydrogen (secondary N) is 4. The molecule has 1 spiro atoms. The molecule has 0 saturated carbocycles. The van der Waals surface area contributed by atoms with E-state index in [9.17, 15) is 19.2 Å². The Morgan fingerprint density at radius 3 is 2.56 bits per heavy atom. The number of benzene rings is 3. The van der Waals surface area contributed by atoms with Gasteiger partial charge in [0.25, 0.3) is 0 Å². The summed E-state index contributed by atoms with van der Waals surface area (Å²) >= 11 is 6.47. The number of para-hydroxylation sites is 1. The van der Waals surface area contributed by atoms with Crippen LogP contribution in [0.3, 0.4) is 0 Å². The van der Waals surface area contributed by atoms with Crippen LogP contribution in [0.2, 0.25) is 5.02 Å². The Labute approximate surface area is 240 Å². The second kappa shape index (κ2) is 9.02. The lowest BCUT2D eigenvalue weighted by Gasteiger charge is -2.29. The number of aromatic amines is 1. The second-order valence-corrected chi connectivity index (χ2v) is 11.4. The number of carbonyl (C=O) groups excluding carboxylic acids is 4. The maximum atomic E-state index is 14.3. The summed E-state index contributed by atoms with van der Waals surface area (Å²) in [6.45, 7) is 3.26. The van der Waals surface area contributed by atoms with Gasteiger partial charge < -0.3 is 15.6 Å². The summed E-state index contributed by atoms with van der Waals surface area (Å²) in [7, 11) is 0. The summed E-state index contributed by atoms with van der Waals surface area (Å²) in [4.78, 5) is 58.3. The zero-order valence-electron chi connectivity index (χ0n) is 22.2. The zero-order chi connectivity index (χ0) is 28.6. The molecule has 4 aromatic rings. The van der Waals surface area contributed by atoms with Crippen molar-refractivity contribution < 1.29 is 19.2 Å². The highest BCUT2D eigenvalue weighted by Crippen LogP contribution is 2.55. The Hall–Kier alpha value is -4.47. The molecule has 4 N–H and O–H groups in total. The Morgan fingerprint density at radius 2 is 1.80 bits per heavy atom. The van der Waals surface area contributed by atoms with E-state index in [1.807, 2.05) is 37.4 Å². The van der Waals surface area contributed by atoms with Gasteiger partial charge in [0.15, 0.2) is 0 Å². The topological polar surface area (TPSA) is 123 Å². The zero-order valence-corrected chi connectivity index (χ0v) is 23.0. The maximum Gasteiger partial charge on any atom is 0.250 e. The second-order valence-electron chi connectivity index (χ2n) is 11.0. The molecule has 1 aromatic heterocycles. The Balaban J connectivity index is 1.35. The fourth-order valence-corrected chi connectivity index (χ4v) is 7.17. The number of rotatable bonds is 4. The third kappa shape index (κ3) is 3.66. The van der Waals surface area contributed by atoms with E-state index in [0.717, 1.165) is 22.0 Å². The number of aryl methyl sites for hydroxylation is 1. The first-order valence-electron chi connectivity index (χ1n) is 13.4. The van der Waals surface area contributed by atoms with Crippen molar-refractivity contribution in [2.75, 3.05) is 15.5 Å². The summed E-state index contributed by atoms with van der Waals surface area (Å²) in [5.41, 5.74) is 3.36. The van der Waals surface area contributed by atoms with Gasteiger partial charge in [-0.25, -0.2) is 4.90 Å². The number of anilines is 3. The SMILES string of the molecule is CC(=O)Nc1ccc(N2C(=O)[C@H]3[C@@H](C2=O)[C@@]2(N[C@@H]3Cc3c[nH]c4ccccc34)C(=O)Nc3c(C)cc(Cl)cc32)cc1. The highest BCUT2D eigenvalue weighted by molar-refractivity contribution is 6.31. The molecule has 0 aliphatic carbocycles. The van der Waals surface area contributed by atoms with Gasteiger partial charge >= 0.3 is 0 Å². The van der Waals surface area contributed by atoms with Crippen LogP contribution in [-0.2, 0) is 31.1 Å². The van der Waals surface area contributed by atoms with E-state index in [2.05, 4.69) is 20.9 Å². The molecule has 4 heterocycles. The molecule has 4 atom stereocenters. The predicted octanol–water partition coefficient (Wildman–Crippen LogP) is 4.26. The molecule has 7 rings (SSSR count). The number of H-pyrrole nitrogens is 1. The summed E-state index contributed by atoms with van der Waals surface area (Å²) in [5.74, 6) is -3.23. The minimum atomic E-state index is -1.47. The van der Waals surface area contributed by atoms with Gasteiger partial charge in [0, 0.05) is 52.0 Å². The number of imide groups is 1. The quantitative estimate of drug-likeness (QED) is 0.274. The summed E-state index contributed by atoms with van der Waals surface area (Å²) < 4.78 is 0. The lowest BCUT2D eigenvalue weighted by Crippen LogP contribution is -2.53. The number of aromatic nitrogens is 1. The molecule has 3 aliphatic heterocycles. The molecular weight excluding hydrogens is 542 g/mol. The third-order valence-electron chi connectivity index (χ3n) is 8.55. The van der Waals surface area contributed by atoms with Crippen LogP contribution in [-0.4, -0.2) is 34.7 Å². The number of halogens is 1. The number of amides is 4. The van der Waals surface area contributed by atoms with Crippen molar-refractivity contribution in [3.63, 3.8) is 0 Å². The lowest BCUT2D eigenvalue weighted by molar-refractivity contribution is -0.130. The average Bonchev–Trinajstić information content (AvgIpc) is 3.64. The number of fused-ring (bicyclic) bond motifs is 5. The van der Waals surface area contributed by atoms with Crippen molar-refractivity contribution in [3.8, 4) is 0 Å². The van der Waals surface area contributed by atoms with Gasteiger partial charge in [-0.3, -0.25) is 24.5 Å². The minimum Gasteiger partial charge on any atom is -0.361 e. The molecule has 2 saturated heterocycles. The van der Waals surface area contributed by atoms with E-state index in [-0.39, 0.29) is 17.7 Å². The molecule has 2 fully saturated rings. The van der Waals surface area contributed by atoms with Gasteiger partial charge in [-0.05, 0) is 66.9 Å². The summed E-state index contributed by atoms with van der Waals surface area (Å²) in [5, 5.41) is 10.6. The Bertz CT molecular complexity index is 1800. The van der Waals surface area contributed by atoms with Crippen LogP contribution in [0, 0.1) is 18.8 Å². The number of carbonyl (C=O) groups is 4. The van der Waals surface area contributed by atoms with Crippen molar-refractivity contribution in [3.05, 3.63) is 88.6 Å². The first kappa shape index (κ1) is 25.5. The first-order valence-corrected chi connectivity index (χ1v) is 13.8. The fraction of sp³-hybridized carbons (Fsp3) is 0.226. The van der Waals surface area contributed by atoms with E-state index < -0.39 is 29.3 Å². The molecule has 41 heavy (non-hydrogen) atoms. The van der Waals surface area contributed by atoms with E-state index >= 15 is 0 Å². The standard InChI is InChI=1S/C31H26ClN5O4/c1-15-11-18(32)13-22-27(15)35-30(41)31(22)26-25(24(36-31)12-17-14-33-23-6-4-3-5-21(17)23)28(39)37(29(26)40)20-9-7-19(8-10-20)34-16(2)38/h3-11,13-14,24-26,33,36H,12H2,1-2H3,(H,34,38)(H,35,41)/t24-,25-,26+,31-/m1/s1. The molecule has 0 bridgehead atoms. The number of hydrogen-bond acceptors (Lipinski definition) is 5. The van der Waals surface area contributed by atoms with Crippen LogP contribution in [0.5, 0.6) is 0 Å². The van der Waals surface area contributed by atoms with Crippen molar-refractivity contribution in [2.24, 2.45) is 11.8 Å². The van der Waals surface area contributed by atoms with E-state index in [1.165, 1.54) is 11.8 Å². The first-order chi connectivity index (χ1) is 19.7. The molecular formula is C31H26ClN5O4. The molecule has 9 nitrogen and oxygen atoms in total. The highest BCUT2D eigenvalue weighted by Gasteiger charge is 2.70.